The van der Waals surface area contributed by atoms with Crippen molar-refractivity contribution in [2.75, 3.05) is 13.2 Å². The monoisotopic (exact) mass is 405 g/mol. The van der Waals surface area contributed by atoms with Crippen molar-refractivity contribution in [3.05, 3.63) is 70.6 Å². The summed E-state index contributed by atoms with van der Waals surface area (Å²) in [5, 5.41) is 19.4. The summed E-state index contributed by atoms with van der Waals surface area (Å²) in [6.07, 6.45) is 0. The molecule has 0 fully saturated rings. The molecule has 0 aliphatic carbocycles. The third-order valence-electron chi connectivity index (χ3n) is 4.24. The molecule has 10 nitrogen and oxygen atoms in total. The molecule has 0 aliphatic rings. The maximum atomic E-state index is 12.0. The summed E-state index contributed by atoms with van der Waals surface area (Å²) in [7, 11) is 0. The Hall–Kier alpha value is -4.08. The van der Waals surface area contributed by atoms with Crippen molar-refractivity contribution in [3.8, 4) is 17.3 Å². The van der Waals surface area contributed by atoms with Crippen LogP contribution in [0.4, 0.5) is 0 Å². The number of nitrogens with zero attached hydrogens (tertiary/aromatic N) is 6. The maximum absolute atomic E-state index is 12.0. The van der Waals surface area contributed by atoms with Crippen LogP contribution in [0.15, 0.2) is 59.4 Å². The normalized spacial score (nSPS) is 10.8. The van der Waals surface area contributed by atoms with E-state index in [1.807, 2.05) is 30.3 Å². The van der Waals surface area contributed by atoms with E-state index in [0.717, 1.165) is 10.2 Å². The first-order chi connectivity index (χ1) is 14.6. The van der Waals surface area contributed by atoms with Crippen LogP contribution in [0.1, 0.15) is 5.69 Å². The van der Waals surface area contributed by atoms with Gasteiger partial charge in [0.2, 0.25) is 11.8 Å². The van der Waals surface area contributed by atoms with E-state index in [1.165, 1.54) is 6.07 Å². The van der Waals surface area contributed by atoms with Gasteiger partial charge in [-0.05, 0) is 19.1 Å². The quantitative estimate of drug-likeness (QED) is 0.453. The maximum Gasteiger partial charge on any atom is 0.267 e. The van der Waals surface area contributed by atoms with Crippen molar-refractivity contribution < 1.29 is 9.53 Å². The van der Waals surface area contributed by atoms with Gasteiger partial charge in [0, 0.05) is 17.7 Å². The first-order valence-electron chi connectivity index (χ1n) is 9.32. The number of benzene rings is 1. The first kappa shape index (κ1) is 19.2. The lowest BCUT2D eigenvalue weighted by molar-refractivity contribution is -0.122. The van der Waals surface area contributed by atoms with Crippen LogP contribution in [0.3, 0.4) is 0 Å². The van der Waals surface area contributed by atoms with Crippen molar-refractivity contribution in [2.45, 2.75) is 13.5 Å². The average molecular weight is 405 g/mol. The number of hydrogen-bond acceptors (Lipinski definition) is 7. The van der Waals surface area contributed by atoms with Crippen molar-refractivity contribution in [1.29, 1.82) is 0 Å². The van der Waals surface area contributed by atoms with E-state index in [9.17, 15) is 9.59 Å². The minimum atomic E-state index is -0.326. The number of carbonyl (C=O) groups excluding carboxylic acids is 1. The summed E-state index contributed by atoms with van der Waals surface area (Å²) in [6.45, 7) is 2.08. The molecule has 4 aromatic rings. The molecule has 0 saturated carbocycles. The predicted molar refractivity (Wildman–Crippen MR) is 108 cm³/mol. The number of aryl methyl sites for hydroxylation is 1. The van der Waals surface area contributed by atoms with E-state index >= 15 is 0 Å². The second kappa shape index (κ2) is 8.52. The summed E-state index contributed by atoms with van der Waals surface area (Å²) >= 11 is 0. The lowest BCUT2D eigenvalue weighted by atomic mass is 10.2. The van der Waals surface area contributed by atoms with E-state index in [-0.39, 0.29) is 31.2 Å². The first-order valence-corrected chi connectivity index (χ1v) is 9.32. The summed E-state index contributed by atoms with van der Waals surface area (Å²) < 4.78 is 8.36. The molecule has 1 N–H and O–H groups in total. The Bertz CT molecular complexity index is 1230. The molecule has 0 saturated heterocycles. The topological polar surface area (TPSA) is 116 Å². The molecule has 0 radical (unpaired) electrons. The zero-order valence-corrected chi connectivity index (χ0v) is 16.2. The van der Waals surface area contributed by atoms with Crippen LogP contribution in [0.2, 0.25) is 0 Å². The van der Waals surface area contributed by atoms with Gasteiger partial charge < -0.3 is 10.1 Å². The fourth-order valence-electron chi connectivity index (χ4n) is 2.82. The zero-order valence-electron chi connectivity index (χ0n) is 16.2. The Morgan fingerprint density at radius 2 is 1.87 bits per heavy atom. The lowest BCUT2D eigenvalue weighted by Crippen LogP contribution is -2.35. The van der Waals surface area contributed by atoms with Gasteiger partial charge in [0.15, 0.2) is 11.5 Å². The largest absolute Gasteiger partial charge is 0.475 e. The van der Waals surface area contributed by atoms with Crippen LogP contribution in [0.25, 0.3) is 17.0 Å². The molecule has 152 valence electrons. The number of aromatic nitrogens is 6. The fourth-order valence-corrected chi connectivity index (χ4v) is 2.82. The fraction of sp³-hybridized carbons (Fsp3) is 0.200. The molecule has 4 rings (SSSR count). The Morgan fingerprint density at radius 1 is 1.03 bits per heavy atom. The molecule has 0 atom stereocenters. The van der Waals surface area contributed by atoms with Crippen LogP contribution in [0.5, 0.6) is 5.88 Å². The molecule has 10 heteroatoms. The lowest BCUT2D eigenvalue weighted by Gasteiger charge is -2.08. The highest BCUT2D eigenvalue weighted by molar-refractivity contribution is 5.75. The number of fused-ring (bicyclic) bond motifs is 1. The van der Waals surface area contributed by atoms with Crippen molar-refractivity contribution in [2.24, 2.45) is 0 Å². The molecular formula is C20H19N7O3. The number of hydrogen-bond donors (Lipinski definition) is 1. The van der Waals surface area contributed by atoms with Gasteiger partial charge in [0.05, 0.1) is 12.2 Å². The third-order valence-corrected chi connectivity index (χ3v) is 4.24. The van der Waals surface area contributed by atoms with Crippen LogP contribution < -0.4 is 15.6 Å². The Balaban J connectivity index is 1.34. The van der Waals surface area contributed by atoms with Gasteiger partial charge in [-0.3, -0.25) is 9.59 Å². The van der Waals surface area contributed by atoms with Crippen molar-refractivity contribution in [1.82, 2.24) is 34.9 Å². The Kier molecular flexibility index (Phi) is 5.46. The predicted octanol–water partition coefficient (Wildman–Crippen LogP) is 0.852. The van der Waals surface area contributed by atoms with Crippen LogP contribution in [-0.4, -0.2) is 48.7 Å². The molecular weight excluding hydrogens is 386 g/mol. The molecule has 0 aliphatic heterocycles. The molecule has 3 aromatic heterocycles. The zero-order chi connectivity index (χ0) is 20.9. The summed E-state index contributed by atoms with van der Waals surface area (Å²) in [5.41, 5.74) is 1.83. The van der Waals surface area contributed by atoms with Gasteiger partial charge in [0.25, 0.3) is 5.56 Å². The smallest absolute Gasteiger partial charge is 0.267 e. The molecule has 3 heterocycles. The third kappa shape index (κ3) is 4.32. The second-order valence-electron chi connectivity index (χ2n) is 6.50. The second-order valence-corrected chi connectivity index (χ2v) is 6.50. The molecule has 0 spiro atoms. The minimum absolute atomic E-state index is 0.147. The van der Waals surface area contributed by atoms with E-state index in [1.54, 1.807) is 29.6 Å². The van der Waals surface area contributed by atoms with Crippen molar-refractivity contribution >= 4 is 11.6 Å². The van der Waals surface area contributed by atoms with E-state index in [4.69, 9.17) is 4.74 Å². The standard InChI is InChI=1S/C20H19N7O3/c1-14-7-10-19(29)26(24-14)13-17(28)21-11-12-30-18-9-8-16-22-23-20(27(16)25-18)15-5-3-2-4-6-15/h2-10H,11-13H2,1H3,(H,21,28). The van der Waals surface area contributed by atoms with Crippen LogP contribution in [-0.2, 0) is 11.3 Å². The van der Waals surface area contributed by atoms with E-state index in [2.05, 4.69) is 25.7 Å². The van der Waals surface area contributed by atoms with Gasteiger partial charge in [-0.25, -0.2) is 4.68 Å². The molecule has 30 heavy (non-hydrogen) atoms. The highest BCUT2D eigenvalue weighted by Crippen LogP contribution is 2.18. The Morgan fingerprint density at radius 3 is 2.70 bits per heavy atom. The molecule has 1 aromatic carbocycles. The van der Waals surface area contributed by atoms with Gasteiger partial charge in [-0.1, -0.05) is 30.3 Å². The van der Waals surface area contributed by atoms with Crippen LogP contribution >= 0.6 is 0 Å². The summed E-state index contributed by atoms with van der Waals surface area (Å²) in [6, 6.07) is 16.1. The SMILES string of the molecule is Cc1ccc(=O)n(CC(=O)NCCOc2ccc3nnc(-c4ccccc4)n3n2)n1. The number of ether oxygens (including phenoxy) is 1. The van der Waals surface area contributed by atoms with Gasteiger partial charge >= 0.3 is 0 Å². The number of nitrogens with one attached hydrogen (secondary N) is 1. The van der Waals surface area contributed by atoms with Gasteiger partial charge in [-0.2, -0.15) is 9.61 Å². The number of amides is 1. The molecule has 0 bridgehead atoms. The summed E-state index contributed by atoms with van der Waals surface area (Å²) in [5.74, 6) is 0.665. The highest BCUT2D eigenvalue weighted by Gasteiger charge is 2.10. The number of rotatable bonds is 7. The van der Waals surface area contributed by atoms with Crippen molar-refractivity contribution in [3.63, 3.8) is 0 Å². The Labute approximate surface area is 171 Å². The molecule has 0 unspecified atom stereocenters. The minimum Gasteiger partial charge on any atom is -0.475 e. The van der Waals surface area contributed by atoms with E-state index < -0.39 is 0 Å². The van der Waals surface area contributed by atoms with E-state index in [0.29, 0.717) is 23.0 Å². The highest BCUT2D eigenvalue weighted by atomic mass is 16.5. The molecule has 1 amide bonds. The summed E-state index contributed by atoms with van der Waals surface area (Å²) in [4.78, 5) is 23.7. The van der Waals surface area contributed by atoms with Gasteiger partial charge in [0.1, 0.15) is 13.2 Å². The number of carbonyl (C=O) groups is 1. The van der Waals surface area contributed by atoms with Crippen LogP contribution in [0, 0.1) is 6.92 Å². The average Bonchev–Trinajstić information content (AvgIpc) is 3.18. The van der Waals surface area contributed by atoms with Gasteiger partial charge in [-0.15, -0.1) is 15.3 Å².